The summed E-state index contributed by atoms with van der Waals surface area (Å²) in [6, 6.07) is 1.91. The third-order valence-corrected chi connectivity index (χ3v) is 5.17. The van der Waals surface area contributed by atoms with Gasteiger partial charge in [0.2, 0.25) is 5.91 Å². The molecule has 3 rings (SSSR count). The van der Waals surface area contributed by atoms with Crippen LogP contribution in [0.15, 0.2) is 12.3 Å². The van der Waals surface area contributed by atoms with Gasteiger partial charge in [0.25, 0.3) is 0 Å². The molecular weight excluding hydrogens is 290 g/mol. The van der Waals surface area contributed by atoms with E-state index in [0.29, 0.717) is 34.5 Å². The van der Waals surface area contributed by atoms with Gasteiger partial charge in [0, 0.05) is 37.2 Å². The topological polar surface area (TPSA) is 68.5 Å². The van der Waals surface area contributed by atoms with Crippen LogP contribution in [0.2, 0.25) is 5.02 Å². The van der Waals surface area contributed by atoms with Gasteiger partial charge in [-0.2, -0.15) is 0 Å². The van der Waals surface area contributed by atoms with Crippen LogP contribution < -0.4 is 10.6 Å². The summed E-state index contributed by atoms with van der Waals surface area (Å²) >= 11 is 6.29. The zero-order valence-corrected chi connectivity index (χ0v) is 13.2. The maximum Gasteiger partial charge on any atom is 0.250 e. The predicted octanol–water partition coefficient (Wildman–Crippen LogP) is 2.08. The molecule has 1 saturated heterocycles. The summed E-state index contributed by atoms with van der Waals surface area (Å²) in [5.41, 5.74) is 5.64. The number of halogens is 1. The average molecular weight is 310 g/mol. The highest BCUT2D eigenvalue weighted by atomic mass is 35.5. The minimum atomic E-state index is -0.521. The van der Waals surface area contributed by atoms with Crippen molar-refractivity contribution in [3.8, 4) is 0 Å². The molecule has 1 amide bonds. The highest BCUT2D eigenvalue weighted by Crippen LogP contribution is 2.55. The molecule has 21 heavy (non-hydrogen) atoms. The van der Waals surface area contributed by atoms with Crippen molar-refractivity contribution in [3.63, 3.8) is 0 Å². The van der Waals surface area contributed by atoms with E-state index in [0.717, 1.165) is 13.0 Å². The van der Waals surface area contributed by atoms with Crippen molar-refractivity contribution in [3.05, 3.63) is 22.8 Å². The highest BCUT2D eigenvalue weighted by Gasteiger charge is 2.61. The van der Waals surface area contributed by atoms with E-state index in [2.05, 4.69) is 23.7 Å². The van der Waals surface area contributed by atoms with E-state index in [-0.39, 0.29) is 5.41 Å². The number of fused-ring (bicyclic) bond motifs is 1. The third kappa shape index (κ3) is 2.10. The first-order valence-corrected chi connectivity index (χ1v) is 7.51. The molecule has 0 aromatic carbocycles. The second-order valence-corrected chi connectivity index (χ2v) is 6.92. The summed E-state index contributed by atoms with van der Waals surface area (Å²) in [6.07, 6.45) is 2.86. The predicted molar refractivity (Wildman–Crippen MR) is 81.6 cm³/mol. The molecule has 1 aromatic rings. The molecule has 3 unspecified atom stereocenters. The Morgan fingerprint density at radius 2 is 2.29 bits per heavy atom. The number of nitrogens with zero attached hydrogens (tertiary/aromatic N) is 2. The Balaban J connectivity index is 1.89. The molecule has 2 heterocycles. The van der Waals surface area contributed by atoms with E-state index < -0.39 is 5.91 Å². The number of carbonyl (C=O) groups is 1. The SMILES string of the molecule is CN(c1ncc(C(N)=O)cc1Cl)C1C2CCOC2C1(C)C. The van der Waals surface area contributed by atoms with Crippen molar-refractivity contribution >= 4 is 23.3 Å². The molecule has 2 fully saturated rings. The normalized spacial score (nSPS) is 29.6. The van der Waals surface area contributed by atoms with Crippen LogP contribution in [0.25, 0.3) is 0 Å². The van der Waals surface area contributed by atoms with E-state index in [1.54, 1.807) is 6.07 Å². The number of rotatable bonds is 3. The minimum absolute atomic E-state index is 0.0588. The Bertz CT molecular complexity index is 590. The molecule has 2 aliphatic rings. The number of nitrogens with two attached hydrogens (primary N) is 1. The maximum atomic E-state index is 11.2. The van der Waals surface area contributed by atoms with Crippen molar-refractivity contribution in [2.75, 3.05) is 18.6 Å². The summed E-state index contributed by atoms with van der Waals surface area (Å²) in [4.78, 5) is 17.6. The van der Waals surface area contributed by atoms with Crippen molar-refractivity contribution in [1.29, 1.82) is 0 Å². The van der Waals surface area contributed by atoms with Crippen LogP contribution in [0.4, 0.5) is 5.82 Å². The molecular formula is C15H20ClN3O2. The Morgan fingerprint density at radius 3 is 2.90 bits per heavy atom. The number of amides is 1. The van der Waals surface area contributed by atoms with E-state index in [1.807, 2.05) is 7.05 Å². The molecule has 1 saturated carbocycles. The smallest absolute Gasteiger partial charge is 0.250 e. The Morgan fingerprint density at radius 1 is 1.57 bits per heavy atom. The zero-order valence-electron chi connectivity index (χ0n) is 12.5. The largest absolute Gasteiger partial charge is 0.377 e. The van der Waals surface area contributed by atoms with Crippen LogP contribution in [0.5, 0.6) is 0 Å². The summed E-state index contributed by atoms with van der Waals surface area (Å²) < 4.78 is 5.82. The second kappa shape index (κ2) is 4.85. The summed E-state index contributed by atoms with van der Waals surface area (Å²) in [6.45, 7) is 5.25. The van der Waals surface area contributed by atoms with Gasteiger partial charge in [0.05, 0.1) is 16.7 Å². The van der Waals surface area contributed by atoms with Crippen LogP contribution in [0.1, 0.15) is 30.6 Å². The number of hydrogen-bond donors (Lipinski definition) is 1. The lowest BCUT2D eigenvalue weighted by Gasteiger charge is -2.58. The summed E-state index contributed by atoms with van der Waals surface area (Å²) in [7, 11) is 2.00. The fraction of sp³-hybridized carbons (Fsp3) is 0.600. The van der Waals surface area contributed by atoms with Crippen LogP contribution in [-0.4, -0.2) is 36.7 Å². The van der Waals surface area contributed by atoms with Crippen molar-refractivity contribution in [2.24, 2.45) is 17.1 Å². The Labute approximate surface area is 129 Å². The van der Waals surface area contributed by atoms with Crippen molar-refractivity contribution < 1.29 is 9.53 Å². The third-order valence-electron chi connectivity index (χ3n) is 4.90. The van der Waals surface area contributed by atoms with Gasteiger partial charge in [-0.25, -0.2) is 4.98 Å². The van der Waals surface area contributed by atoms with Gasteiger partial charge in [0.15, 0.2) is 0 Å². The van der Waals surface area contributed by atoms with Crippen LogP contribution in [0, 0.1) is 11.3 Å². The molecule has 0 bridgehead atoms. The fourth-order valence-corrected chi connectivity index (χ4v) is 4.34. The van der Waals surface area contributed by atoms with E-state index in [4.69, 9.17) is 22.1 Å². The molecule has 3 atom stereocenters. The number of anilines is 1. The van der Waals surface area contributed by atoms with Gasteiger partial charge in [-0.1, -0.05) is 25.4 Å². The lowest BCUT2D eigenvalue weighted by atomic mass is 9.57. The first-order chi connectivity index (χ1) is 9.84. The van der Waals surface area contributed by atoms with Crippen molar-refractivity contribution in [1.82, 2.24) is 4.98 Å². The summed E-state index contributed by atoms with van der Waals surface area (Å²) in [5.74, 6) is 0.676. The van der Waals surface area contributed by atoms with E-state index in [1.165, 1.54) is 6.20 Å². The minimum Gasteiger partial charge on any atom is -0.377 e. The number of pyridine rings is 1. The van der Waals surface area contributed by atoms with Crippen LogP contribution in [-0.2, 0) is 4.74 Å². The molecule has 2 N–H and O–H groups in total. The molecule has 114 valence electrons. The van der Waals surface area contributed by atoms with Crippen LogP contribution in [0.3, 0.4) is 0 Å². The molecule has 1 aliphatic carbocycles. The molecule has 0 spiro atoms. The molecule has 1 aliphatic heterocycles. The molecule has 5 nitrogen and oxygen atoms in total. The first-order valence-electron chi connectivity index (χ1n) is 7.14. The molecule has 0 radical (unpaired) electrons. The standard InChI is InChI=1S/C15H20ClN3O2/c1-15(2)11(9-4-5-21-12(9)15)19(3)14-10(16)6-8(7-18-14)13(17)20/h6-7,9,11-12H,4-5H2,1-3H3,(H2,17,20). The average Bonchev–Trinajstić information content (AvgIpc) is 2.84. The number of hydrogen-bond acceptors (Lipinski definition) is 4. The number of aromatic nitrogens is 1. The van der Waals surface area contributed by atoms with Gasteiger partial charge in [-0.3, -0.25) is 4.79 Å². The lowest BCUT2D eigenvalue weighted by Crippen LogP contribution is -2.66. The summed E-state index contributed by atoms with van der Waals surface area (Å²) in [5, 5.41) is 0.451. The van der Waals surface area contributed by atoms with Crippen molar-refractivity contribution in [2.45, 2.75) is 32.4 Å². The zero-order chi connectivity index (χ0) is 15.4. The Kier molecular flexibility index (Phi) is 3.37. The second-order valence-electron chi connectivity index (χ2n) is 6.51. The fourth-order valence-electron chi connectivity index (χ4n) is 4.04. The number of carbonyl (C=O) groups excluding carboxylic acids is 1. The van der Waals surface area contributed by atoms with Gasteiger partial charge < -0.3 is 15.4 Å². The quantitative estimate of drug-likeness (QED) is 0.928. The van der Waals surface area contributed by atoms with Gasteiger partial charge in [0.1, 0.15) is 5.82 Å². The van der Waals surface area contributed by atoms with Gasteiger partial charge >= 0.3 is 0 Å². The van der Waals surface area contributed by atoms with Gasteiger partial charge in [-0.05, 0) is 12.5 Å². The van der Waals surface area contributed by atoms with E-state index >= 15 is 0 Å². The molecule has 1 aromatic heterocycles. The van der Waals surface area contributed by atoms with Crippen LogP contribution >= 0.6 is 11.6 Å². The monoisotopic (exact) mass is 309 g/mol. The lowest BCUT2D eigenvalue weighted by molar-refractivity contribution is -0.101. The molecule has 6 heteroatoms. The highest BCUT2D eigenvalue weighted by molar-refractivity contribution is 6.33. The number of ether oxygens (including phenoxy) is 1. The van der Waals surface area contributed by atoms with Gasteiger partial charge in [-0.15, -0.1) is 0 Å². The first kappa shape index (κ1) is 14.6. The van der Waals surface area contributed by atoms with E-state index in [9.17, 15) is 4.79 Å². The maximum absolute atomic E-state index is 11.2. The Hall–Kier alpha value is -1.33. The number of primary amides is 1.